The molecule has 1 aromatic rings. The smallest absolute Gasteiger partial charge is 0.221 e. The Balaban J connectivity index is 2.31. The summed E-state index contributed by atoms with van der Waals surface area (Å²) in [5.41, 5.74) is 1.18. The number of rotatable bonds is 9. The molecule has 0 aliphatic heterocycles. The summed E-state index contributed by atoms with van der Waals surface area (Å²) in [6.07, 6.45) is 2.36. The van der Waals surface area contributed by atoms with Crippen molar-refractivity contribution in [3.05, 3.63) is 29.8 Å². The fourth-order valence-electron chi connectivity index (χ4n) is 2.15. The monoisotopic (exact) mass is 292 g/mol. The van der Waals surface area contributed by atoms with E-state index >= 15 is 0 Å². The van der Waals surface area contributed by atoms with Crippen molar-refractivity contribution >= 4 is 5.91 Å². The zero-order valence-electron chi connectivity index (χ0n) is 13.6. The van der Waals surface area contributed by atoms with Gasteiger partial charge < -0.3 is 15.4 Å². The molecule has 0 bridgehead atoms. The van der Waals surface area contributed by atoms with Gasteiger partial charge >= 0.3 is 0 Å². The van der Waals surface area contributed by atoms with Crippen LogP contribution in [0.2, 0.25) is 0 Å². The Morgan fingerprint density at radius 1 is 1.24 bits per heavy atom. The maximum atomic E-state index is 11.7. The Bertz CT molecular complexity index is 435. The highest BCUT2D eigenvalue weighted by Gasteiger charge is 2.09. The lowest BCUT2D eigenvalue weighted by Crippen LogP contribution is -2.36. The van der Waals surface area contributed by atoms with Gasteiger partial charge in [-0.15, -0.1) is 0 Å². The van der Waals surface area contributed by atoms with Gasteiger partial charge in [0.25, 0.3) is 0 Å². The molecule has 0 radical (unpaired) electrons. The Hall–Kier alpha value is -1.55. The van der Waals surface area contributed by atoms with E-state index in [1.165, 1.54) is 5.56 Å². The highest BCUT2D eigenvalue weighted by Crippen LogP contribution is 2.18. The fraction of sp³-hybridized carbons (Fsp3) is 0.588. The first-order chi connectivity index (χ1) is 10.1. The number of methoxy groups -OCH3 is 1. The van der Waals surface area contributed by atoms with Crippen LogP contribution in [0.3, 0.4) is 0 Å². The van der Waals surface area contributed by atoms with Crippen LogP contribution in [-0.4, -0.2) is 31.6 Å². The number of amides is 1. The minimum absolute atomic E-state index is 0.112. The lowest BCUT2D eigenvalue weighted by molar-refractivity contribution is -0.121. The lowest BCUT2D eigenvalue weighted by Gasteiger charge is -2.16. The van der Waals surface area contributed by atoms with Crippen LogP contribution in [0, 0.1) is 0 Å². The van der Waals surface area contributed by atoms with E-state index in [2.05, 4.69) is 30.5 Å². The van der Waals surface area contributed by atoms with Crippen molar-refractivity contribution in [2.45, 2.75) is 52.1 Å². The van der Waals surface area contributed by atoms with Crippen molar-refractivity contribution in [1.29, 1.82) is 0 Å². The second-order valence-corrected chi connectivity index (χ2v) is 5.50. The van der Waals surface area contributed by atoms with Gasteiger partial charge in [0, 0.05) is 25.0 Å². The lowest BCUT2D eigenvalue weighted by atomic mass is 10.1. The molecule has 0 aliphatic rings. The predicted molar refractivity (Wildman–Crippen MR) is 86.7 cm³/mol. The van der Waals surface area contributed by atoms with Crippen LogP contribution in [0.15, 0.2) is 24.3 Å². The summed E-state index contributed by atoms with van der Waals surface area (Å²) in [5, 5.41) is 6.36. The zero-order chi connectivity index (χ0) is 15.7. The summed E-state index contributed by atoms with van der Waals surface area (Å²) in [7, 11) is 1.69. The molecular formula is C17H28N2O2. The molecule has 0 saturated heterocycles. The van der Waals surface area contributed by atoms with E-state index in [1.807, 2.05) is 25.1 Å². The van der Waals surface area contributed by atoms with Gasteiger partial charge in [0.05, 0.1) is 7.11 Å². The number of carbonyl (C=O) groups excluding carboxylic acids is 1. The van der Waals surface area contributed by atoms with Crippen molar-refractivity contribution in [3.8, 4) is 5.75 Å². The maximum Gasteiger partial charge on any atom is 0.221 e. The Kier molecular flexibility index (Phi) is 7.83. The van der Waals surface area contributed by atoms with Gasteiger partial charge in [-0.05, 0) is 38.3 Å². The maximum absolute atomic E-state index is 11.7. The van der Waals surface area contributed by atoms with E-state index in [0.29, 0.717) is 19.0 Å². The molecule has 2 N–H and O–H groups in total. The van der Waals surface area contributed by atoms with Crippen molar-refractivity contribution in [2.24, 2.45) is 0 Å². The summed E-state index contributed by atoms with van der Waals surface area (Å²) < 4.78 is 5.35. The molecule has 4 heteroatoms. The van der Waals surface area contributed by atoms with Gasteiger partial charge in [-0.25, -0.2) is 0 Å². The fourth-order valence-corrected chi connectivity index (χ4v) is 2.15. The van der Waals surface area contributed by atoms with Crippen molar-refractivity contribution < 1.29 is 9.53 Å². The summed E-state index contributed by atoms with van der Waals surface area (Å²) in [5.74, 6) is 1.03. The number of nitrogens with one attached hydrogen (secondary N) is 2. The Morgan fingerprint density at radius 3 is 2.62 bits per heavy atom. The number of benzene rings is 1. The number of carbonyl (C=O) groups is 1. The molecule has 0 heterocycles. The molecule has 21 heavy (non-hydrogen) atoms. The first-order valence-electron chi connectivity index (χ1n) is 7.71. The zero-order valence-corrected chi connectivity index (χ0v) is 13.6. The average Bonchev–Trinajstić information content (AvgIpc) is 2.47. The molecule has 0 saturated carbocycles. The molecule has 118 valence electrons. The Labute approximate surface area is 128 Å². The molecule has 0 aromatic heterocycles. The van der Waals surface area contributed by atoms with E-state index in [9.17, 15) is 4.79 Å². The normalized spacial score (nSPS) is 13.5. The van der Waals surface area contributed by atoms with E-state index in [0.717, 1.165) is 18.6 Å². The number of hydrogen-bond acceptors (Lipinski definition) is 3. The molecule has 2 atom stereocenters. The molecule has 0 fully saturated rings. The van der Waals surface area contributed by atoms with Crippen LogP contribution < -0.4 is 15.4 Å². The van der Waals surface area contributed by atoms with E-state index in [4.69, 9.17) is 4.74 Å². The van der Waals surface area contributed by atoms with Crippen molar-refractivity contribution in [3.63, 3.8) is 0 Å². The summed E-state index contributed by atoms with van der Waals surface area (Å²) >= 11 is 0. The Morgan fingerprint density at radius 2 is 1.95 bits per heavy atom. The standard InChI is InChI=1S/C17H28N2O2/c1-5-13(2)19-17(20)10-11-18-14(3)12-15-8-6-7-9-16(15)21-4/h6-9,13-14,18H,5,10-12H2,1-4H3,(H,19,20). The van der Waals surface area contributed by atoms with E-state index < -0.39 is 0 Å². The molecule has 1 rings (SSSR count). The number of hydrogen-bond donors (Lipinski definition) is 2. The first kappa shape index (κ1) is 17.5. The minimum Gasteiger partial charge on any atom is -0.496 e. The van der Waals surface area contributed by atoms with Gasteiger partial charge in [0.15, 0.2) is 0 Å². The van der Waals surface area contributed by atoms with Gasteiger partial charge in [-0.3, -0.25) is 4.79 Å². The molecular weight excluding hydrogens is 264 g/mol. The van der Waals surface area contributed by atoms with Crippen LogP contribution >= 0.6 is 0 Å². The van der Waals surface area contributed by atoms with Crippen molar-refractivity contribution in [2.75, 3.05) is 13.7 Å². The van der Waals surface area contributed by atoms with Gasteiger partial charge in [-0.1, -0.05) is 25.1 Å². The third kappa shape index (κ3) is 6.63. The molecule has 2 unspecified atom stereocenters. The van der Waals surface area contributed by atoms with Crippen LogP contribution in [0.25, 0.3) is 0 Å². The summed E-state index contributed by atoms with van der Waals surface area (Å²) in [6.45, 7) is 6.91. The highest BCUT2D eigenvalue weighted by atomic mass is 16.5. The van der Waals surface area contributed by atoms with Crippen LogP contribution in [0.5, 0.6) is 5.75 Å². The first-order valence-corrected chi connectivity index (χ1v) is 7.71. The van der Waals surface area contributed by atoms with Crippen molar-refractivity contribution in [1.82, 2.24) is 10.6 Å². The second-order valence-electron chi connectivity index (χ2n) is 5.50. The quantitative estimate of drug-likeness (QED) is 0.735. The topological polar surface area (TPSA) is 50.4 Å². The molecule has 0 spiro atoms. The van der Waals surface area contributed by atoms with E-state index in [-0.39, 0.29) is 11.9 Å². The van der Waals surface area contributed by atoms with E-state index in [1.54, 1.807) is 7.11 Å². The molecule has 0 aliphatic carbocycles. The summed E-state index contributed by atoms with van der Waals surface area (Å²) in [4.78, 5) is 11.7. The van der Waals surface area contributed by atoms with Crippen LogP contribution in [0.1, 0.15) is 39.2 Å². The largest absolute Gasteiger partial charge is 0.496 e. The molecule has 4 nitrogen and oxygen atoms in total. The van der Waals surface area contributed by atoms with Crippen LogP contribution in [-0.2, 0) is 11.2 Å². The third-order valence-corrected chi connectivity index (χ3v) is 3.58. The van der Waals surface area contributed by atoms with Gasteiger partial charge in [0.2, 0.25) is 5.91 Å². The number of ether oxygens (including phenoxy) is 1. The highest BCUT2D eigenvalue weighted by molar-refractivity contribution is 5.76. The summed E-state index contributed by atoms with van der Waals surface area (Å²) in [6, 6.07) is 8.60. The van der Waals surface area contributed by atoms with Gasteiger partial charge in [0.1, 0.15) is 5.75 Å². The van der Waals surface area contributed by atoms with Gasteiger partial charge in [-0.2, -0.15) is 0 Å². The number of para-hydroxylation sites is 1. The second kappa shape index (κ2) is 9.40. The molecule has 1 amide bonds. The third-order valence-electron chi connectivity index (χ3n) is 3.58. The minimum atomic E-state index is 0.112. The molecule has 1 aromatic carbocycles. The van der Waals surface area contributed by atoms with Crippen LogP contribution in [0.4, 0.5) is 0 Å². The predicted octanol–water partition coefficient (Wildman–Crippen LogP) is 2.52. The SMILES string of the molecule is CCC(C)NC(=O)CCNC(C)Cc1ccccc1OC. The average molecular weight is 292 g/mol.